The predicted octanol–water partition coefficient (Wildman–Crippen LogP) is 4.48. The van der Waals surface area contributed by atoms with Gasteiger partial charge in [-0.25, -0.2) is 0 Å². The SMILES string of the molecule is COC1(Cc2ccc(Cl)cc2)CCC(C)CC1. The van der Waals surface area contributed by atoms with Crippen LogP contribution < -0.4 is 0 Å². The minimum absolute atomic E-state index is 0.0559. The molecule has 0 aromatic heterocycles. The van der Waals surface area contributed by atoms with Crippen LogP contribution in [0.1, 0.15) is 38.2 Å². The maximum atomic E-state index is 5.91. The van der Waals surface area contributed by atoms with Crippen molar-refractivity contribution in [2.45, 2.75) is 44.6 Å². The molecule has 1 aliphatic carbocycles. The van der Waals surface area contributed by atoms with E-state index in [0.717, 1.165) is 17.4 Å². The van der Waals surface area contributed by atoms with Crippen molar-refractivity contribution in [1.29, 1.82) is 0 Å². The molecule has 0 atom stereocenters. The third kappa shape index (κ3) is 3.23. The lowest BCUT2D eigenvalue weighted by molar-refractivity contribution is -0.0469. The monoisotopic (exact) mass is 252 g/mol. The Hall–Kier alpha value is -0.530. The molecule has 1 aliphatic rings. The van der Waals surface area contributed by atoms with E-state index in [9.17, 15) is 0 Å². The maximum absolute atomic E-state index is 5.91. The molecule has 1 aromatic rings. The van der Waals surface area contributed by atoms with Crippen LogP contribution in [0.15, 0.2) is 24.3 Å². The van der Waals surface area contributed by atoms with Gasteiger partial charge in [0.2, 0.25) is 0 Å². The van der Waals surface area contributed by atoms with Gasteiger partial charge in [0.1, 0.15) is 0 Å². The van der Waals surface area contributed by atoms with Gasteiger partial charge in [0.25, 0.3) is 0 Å². The summed E-state index contributed by atoms with van der Waals surface area (Å²) in [7, 11) is 1.85. The predicted molar refractivity (Wildman–Crippen MR) is 72.5 cm³/mol. The normalized spacial score (nSPS) is 29.2. The molecule has 0 unspecified atom stereocenters. The van der Waals surface area contributed by atoms with Crippen molar-refractivity contribution < 1.29 is 4.74 Å². The smallest absolute Gasteiger partial charge is 0.0719 e. The molecule has 2 heteroatoms. The minimum atomic E-state index is 0.0559. The van der Waals surface area contributed by atoms with Crippen molar-refractivity contribution >= 4 is 11.6 Å². The van der Waals surface area contributed by atoms with Crippen molar-refractivity contribution in [2.75, 3.05) is 7.11 Å². The van der Waals surface area contributed by atoms with E-state index < -0.39 is 0 Å². The summed E-state index contributed by atoms with van der Waals surface area (Å²) in [6.07, 6.45) is 5.91. The maximum Gasteiger partial charge on any atom is 0.0719 e. The van der Waals surface area contributed by atoms with E-state index in [0.29, 0.717) is 0 Å². The summed E-state index contributed by atoms with van der Waals surface area (Å²) in [5, 5.41) is 0.803. The molecule has 0 saturated heterocycles. The Kier molecular flexibility index (Phi) is 4.11. The second-order valence-corrected chi connectivity index (χ2v) is 5.81. The number of halogens is 1. The quantitative estimate of drug-likeness (QED) is 0.771. The van der Waals surface area contributed by atoms with E-state index >= 15 is 0 Å². The van der Waals surface area contributed by atoms with Gasteiger partial charge in [-0.1, -0.05) is 30.7 Å². The van der Waals surface area contributed by atoms with Crippen LogP contribution in [0.2, 0.25) is 5.02 Å². The van der Waals surface area contributed by atoms with Crippen LogP contribution in [0.4, 0.5) is 0 Å². The third-order valence-corrected chi connectivity index (χ3v) is 4.31. The fraction of sp³-hybridized carbons (Fsp3) is 0.600. The Morgan fingerprint density at radius 1 is 1.24 bits per heavy atom. The second kappa shape index (κ2) is 5.41. The Morgan fingerprint density at radius 3 is 2.35 bits per heavy atom. The molecule has 1 aromatic carbocycles. The zero-order valence-electron chi connectivity index (χ0n) is 10.7. The van der Waals surface area contributed by atoms with Crippen LogP contribution in [0.25, 0.3) is 0 Å². The Labute approximate surface area is 109 Å². The Balaban J connectivity index is 2.06. The summed E-state index contributed by atoms with van der Waals surface area (Å²) in [5.74, 6) is 0.850. The van der Waals surface area contributed by atoms with Gasteiger partial charge >= 0.3 is 0 Å². The third-order valence-electron chi connectivity index (χ3n) is 4.06. The summed E-state index contributed by atoms with van der Waals surface area (Å²) >= 11 is 5.91. The van der Waals surface area contributed by atoms with Gasteiger partial charge in [-0.2, -0.15) is 0 Å². The van der Waals surface area contributed by atoms with Crippen LogP contribution in [-0.2, 0) is 11.2 Å². The molecule has 1 saturated carbocycles. The standard InChI is InChI=1S/C15H21ClO/c1-12-7-9-15(17-2,10-8-12)11-13-3-5-14(16)6-4-13/h3-6,12H,7-11H2,1-2H3. The molecule has 0 aliphatic heterocycles. The van der Waals surface area contributed by atoms with E-state index in [1.165, 1.54) is 31.2 Å². The fourth-order valence-electron chi connectivity index (χ4n) is 2.72. The summed E-state index contributed by atoms with van der Waals surface area (Å²) in [5.41, 5.74) is 1.38. The van der Waals surface area contributed by atoms with E-state index in [1.54, 1.807) is 0 Å². The number of methoxy groups -OCH3 is 1. The molecule has 0 amide bonds. The molecule has 0 spiro atoms. The molecular weight excluding hydrogens is 232 g/mol. The second-order valence-electron chi connectivity index (χ2n) is 5.37. The van der Waals surface area contributed by atoms with Gasteiger partial charge in [0.05, 0.1) is 5.60 Å². The highest BCUT2D eigenvalue weighted by Gasteiger charge is 2.34. The van der Waals surface area contributed by atoms with Crippen LogP contribution in [0.5, 0.6) is 0 Å². The van der Waals surface area contributed by atoms with Crippen molar-refractivity contribution in [3.63, 3.8) is 0 Å². The number of hydrogen-bond donors (Lipinski definition) is 0. The molecule has 94 valence electrons. The highest BCUT2D eigenvalue weighted by atomic mass is 35.5. The number of ether oxygens (including phenoxy) is 1. The lowest BCUT2D eigenvalue weighted by atomic mass is 9.76. The first-order valence-corrected chi connectivity index (χ1v) is 6.81. The van der Waals surface area contributed by atoms with E-state index in [2.05, 4.69) is 19.1 Å². The van der Waals surface area contributed by atoms with E-state index in [1.807, 2.05) is 19.2 Å². The molecule has 17 heavy (non-hydrogen) atoms. The summed E-state index contributed by atoms with van der Waals surface area (Å²) < 4.78 is 5.83. The number of rotatable bonds is 3. The van der Waals surface area contributed by atoms with Gasteiger partial charge in [-0.15, -0.1) is 0 Å². The van der Waals surface area contributed by atoms with Crippen LogP contribution in [-0.4, -0.2) is 12.7 Å². The van der Waals surface area contributed by atoms with Crippen molar-refractivity contribution in [2.24, 2.45) is 5.92 Å². The molecule has 0 radical (unpaired) electrons. The Morgan fingerprint density at radius 2 is 1.82 bits per heavy atom. The minimum Gasteiger partial charge on any atom is -0.378 e. The largest absolute Gasteiger partial charge is 0.378 e. The van der Waals surface area contributed by atoms with Crippen molar-refractivity contribution in [3.8, 4) is 0 Å². The molecule has 2 rings (SSSR count). The first-order chi connectivity index (χ1) is 8.13. The molecular formula is C15H21ClO. The van der Waals surface area contributed by atoms with E-state index in [-0.39, 0.29) is 5.60 Å². The summed E-state index contributed by atoms with van der Waals surface area (Å²) in [4.78, 5) is 0. The number of hydrogen-bond acceptors (Lipinski definition) is 1. The van der Waals surface area contributed by atoms with Gasteiger partial charge in [0, 0.05) is 18.6 Å². The zero-order valence-corrected chi connectivity index (χ0v) is 11.5. The lowest BCUT2D eigenvalue weighted by Crippen LogP contribution is -2.38. The van der Waals surface area contributed by atoms with Gasteiger partial charge in [-0.3, -0.25) is 0 Å². The molecule has 0 bridgehead atoms. The highest BCUT2D eigenvalue weighted by Crippen LogP contribution is 2.36. The van der Waals surface area contributed by atoms with Gasteiger partial charge in [-0.05, 0) is 49.3 Å². The molecule has 0 heterocycles. The van der Waals surface area contributed by atoms with Gasteiger partial charge < -0.3 is 4.74 Å². The topological polar surface area (TPSA) is 9.23 Å². The average Bonchev–Trinajstić information content (AvgIpc) is 2.35. The average molecular weight is 253 g/mol. The zero-order chi connectivity index (χ0) is 12.3. The first-order valence-electron chi connectivity index (χ1n) is 6.43. The van der Waals surface area contributed by atoms with Gasteiger partial charge in [0.15, 0.2) is 0 Å². The molecule has 1 nitrogen and oxygen atoms in total. The van der Waals surface area contributed by atoms with E-state index in [4.69, 9.17) is 16.3 Å². The summed E-state index contributed by atoms with van der Waals surface area (Å²) in [6, 6.07) is 8.15. The molecule has 0 N–H and O–H groups in total. The summed E-state index contributed by atoms with van der Waals surface area (Å²) in [6.45, 7) is 2.34. The van der Waals surface area contributed by atoms with Crippen LogP contribution in [0.3, 0.4) is 0 Å². The number of benzene rings is 1. The Bertz CT molecular complexity index is 350. The van der Waals surface area contributed by atoms with Crippen LogP contribution in [0, 0.1) is 5.92 Å². The lowest BCUT2D eigenvalue weighted by Gasteiger charge is -2.38. The first kappa shape index (κ1) is 12.9. The highest BCUT2D eigenvalue weighted by molar-refractivity contribution is 6.30. The van der Waals surface area contributed by atoms with Crippen molar-refractivity contribution in [1.82, 2.24) is 0 Å². The van der Waals surface area contributed by atoms with Crippen molar-refractivity contribution in [3.05, 3.63) is 34.9 Å². The van der Waals surface area contributed by atoms with Crippen LogP contribution >= 0.6 is 11.6 Å². The fourth-order valence-corrected chi connectivity index (χ4v) is 2.84. The molecule has 1 fully saturated rings.